The second kappa shape index (κ2) is 4.15. The zero-order valence-corrected chi connectivity index (χ0v) is 9.85. The fourth-order valence-corrected chi connectivity index (χ4v) is 0.667. The summed E-state index contributed by atoms with van der Waals surface area (Å²) in [7, 11) is 1.54. The van der Waals surface area contributed by atoms with Crippen LogP contribution >= 0.6 is 0 Å². The molecule has 0 spiro atoms. The molecule has 0 bridgehead atoms. The van der Waals surface area contributed by atoms with Gasteiger partial charge in [-0.2, -0.15) is 0 Å². The highest BCUT2D eigenvalue weighted by atomic mass is 19.1. The fourth-order valence-electron chi connectivity index (χ4n) is 0.667. The van der Waals surface area contributed by atoms with Crippen LogP contribution in [-0.2, 0) is 4.74 Å². The Labute approximate surface area is 85.2 Å². The third kappa shape index (κ3) is 3.94. The quantitative estimate of drug-likeness (QED) is 0.693. The van der Waals surface area contributed by atoms with E-state index in [2.05, 4.69) is 0 Å². The molecule has 0 aromatic heterocycles. The lowest BCUT2D eigenvalue weighted by Gasteiger charge is -2.34. The molecule has 3 nitrogen and oxygen atoms in total. The Morgan fingerprint density at radius 3 is 2.00 bits per heavy atom. The maximum Gasteiger partial charge on any atom is 0.410 e. The molecule has 0 aliphatic carbocycles. The van der Waals surface area contributed by atoms with Crippen molar-refractivity contribution in [2.24, 2.45) is 0 Å². The van der Waals surface area contributed by atoms with Gasteiger partial charge in [0.1, 0.15) is 12.3 Å². The Bertz CT molecular complexity index is 209. The fraction of sp³-hybridized carbons (Fsp3) is 0.900. The van der Waals surface area contributed by atoms with Gasteiger partial charge in [-0.25, -0.2) is 9.18 Å². The predicted octanol–water partition coefficient (Wildman–Crippen LogP) is 2.60. The van der Waals surface area contributed by atoms with Crippen LogP contribution in [0.1, 0.15) is 34.6 Å². The highest BCUT2D eigenvalue weighted by molar-refractivity contribution is 5.68. The molecule has 0 heterocycles. The van der Waals surface area contributed by atoms with E-state index in [1.165, 1.54) is 11.9 Å². The molecule has 0 radical (unpaired) electrons. The summed E-state index contributed by atoms with van der Waals surface area (Å²) >= 11 is 0. The van der Waals surface area contributed by atoms with Gasteiger partial charge in [0.25, 0.3) is 0 Å². The SMILES string of the molecule is CN(C(=O)OC(C)(C)C)C(C)(C)CF. The molecule has 0 atom stereocenters. The molecular weight excluding hydrogens is 185 g/mol. The Hall–Kier alpha value is -0.800. The van der Waals surface area contributed by atoms with E-state index >= 15 is 0 Å². The summed E-state index contributed by atoms with van der Waals surface area (Å²) in [6.45, 7) is 8.04. The number of carbonyl (C=O) groups excluding carboxylic acids is 1. The normalized spacial score (nSPS) is 12.5. The van der Waals surface area contributed by atoms with E-state index in [1.807, 2.05) is 0 Å². The van der Waals surface area contributed by atoms with Gasteiger partial charge in [-0.3, -0.25) is 0 Å². The maximum atomic E-state index is 12.6. The van der Waals surface area contributed by atoms with E-state index in [0.717, 1.165) is 0 Å². The third-order valence-corrected chi connectivity index (χ3v) is 1.90. The van der Waals surface area contributed by atoms with Gasteiger partial charge in [-0.15, -0.1) is 0 Å². The van der Waals surface area contributed by atoms with Crippen molar-refractivity contribution < 1.29 is 13.9 Å². The Morgan fingerprint density at radius 2 is 1.71 bits per heavy atom. The molecule has 0 unspecified atom stereocenters. The standard InChI is InChI=1S/C10H20FNO2/c1-9(2,3)14-8(13)12(6)10(4,5)7-11/h7H2,1-6H3. The van der Waals surface area contributed by atoms with Crippen molar-refractivity contribution in [3.05, 3.63) is 0 Å². The summed E-state index contributed by atoms with van der Waals surface area (Å²) in [4.78, 5) is 12.8. The molecule has 0 aromatic carbocycles. The van der Waals surface area contributed by atoms with Gasteiger partial charge >= 0.3 is 6.09 Å². The molecule has 0 rings (SSSR count). The summed E-state index contributed by atoms with van der Waals surface area (Å²) in [6, 6.07) is 0. The van der Waals surface area contributed by atoms with Crippen molar-refractivity contribution in [2.75, 3.05) is 13.7 Å². The lowest BCUT2D eigenvalue weighted by molar-refractivity contribution is 0.00704. The number of hydrogen-bond acceptors (Lipinski definition) is 2. The van der Waals surface area contributed by atoms with Crippen LogP contribution < -0.4 is 0 Å². The third-order valence-electron chi connectivity index (χ3n) is 1.90. The number of alkyl halides is 1. The van der Waals surface area contributed by atoms with Gasteiger partial charge in [0.2, 0.25) is 0 Å². The minimum atomic E-state index is -0.817. The summed E-state index contributed by atoms with van der Waals surface area (Å²) in [5.74, 6) is 0. The average Bonchev–Trinajstić information content (AvgIpc) is 2.00. The first-order valence-corrected chi connectivity index (χ1v) is 4.63. The molecule has 0 N–H and O–H groups in total. The van der Waals surface area contributed by atoms with Crippen molar-refractivity contribution in [1.82, 2.24) is 4.90 Å². The zero-order chi connectivity index (χ0) is 11.6. The number of ether oxygens (including phenoxy) is 1. The highest BCUT2D eigenvalue weighted by Crippen LogP contribution is 2.17. The van der Waals surface area contributed by atoms with Crippen molar-refractivity contribution in [3.63, 3.8) is 0 Å². The molecule has 0 aliphatic heterocycles. The van der Waals surface area contributed by atoms with E-state index < -0.39 is 23.9 Å². The van der Waals surface area contributed by atoms with Gasteiger partial charge in [-0.1, -0.05) is 0 Å². The largest absolute Gasteiger partial charge is 0.444 e. The van der Waals surface area contributed by atoms with Gasteiger partial charge in [0.05, 0.1) is 5.54 Å². The van der Waals surface area contributed by atoms with Crippen LogP contribution in [0.4, 0.5) is 9.18 Å². The highest BCUT2D eigenvalue weighted by Gasteiger charge is 2.30. The molecule has 84 valence electrons. The zero-order valence-electron chi connectivity index (χ0n) is 9.85. The van der Waals surface area contributed by atoms with Crippen LogP contribution in [0.3, 0.4) is 0 Å². The number of carbonyl (C=O) groups is 1. The second-order valence-electron chi connectivity index (χ2n) is 4.99. The van der Waals surface area contributed by atoms with Crippen molar-refractivity contribution in [1.29, 1.82) is 0 Å². The molecular formula is C10H20FNO2. The molecule has 0 fully saturated rings. The van der Waals surface area contributed by atoms with Gasteiger partial charge < -0.3 is 9.64 Å². The molecule has 0 saturated heterocycles. The first-order chi connectivity index (χ1) is 6.10. The predicted molar refractivity (Wildman–Crippen MR) is 54.1 cm³/mol. The molecule has 0 saturated carbocycles. The average molecular weight is 205 g/mol. The molecule has 1 amide bonds. The van der Waals surface area contributed by atoms with E-state index in [1.54, 1.807) is 34.6 Å². The van der Waals surface area contributed by atoms with E-state index in [4.69, 9.17) is 4.74 Å². The van der Waals surface area contributed by atoms with Crippen LogP contribution in [0.5, 0.6) is 0 Å². The number of rotatable bonds is 2. The van der Waals surface area contributed by atoms with Crippen LogP contribution in [0.25, 0.3) is 0 Å². The lowest BCUT2D eigenvalue weighted by Crippen LogP contribution is -2.48. The Kier molecular flexibility index (Phi) is 3.91. The Balaban J connectivity index is 4.41. The van der Waals surface area contributed by atoms with Crippen LogP contribution in [0.2, 0.25) is 0 Å². The van der Waals surface area contributed by atoms with E-state index in [9.17, 15) is 9.18 Å². The van der Waals surface area contributed by atoms with Crippen molar-refractivity contribution >= 4 is 6.09 Å². The second-order valence-corrected chi connectivity index (χ2v) is 4.99. The van der Waals surface area contributed by atoms with Gasteiger partial charge in [0.15, 0.2) is 0 Å². The van der Waals surface area contributed by atoms with Crippen molar-refractivity contribution in [2.45, 2.75) is 45.8 Å². The lowest BCUT2D eigenvalue weighted by atomic mass is 10.1. The molecule has 14 heavy (non-hydrogen) atoms. The summed E-state index contributed by atoms with van der Waals surface area (Å²) in [5.41, 5.74) is -1.36. The van der Waals surface area contributed by atoms with Gasteiger partial charge in [0, 0.05) is 7.05 Å². The van der Waals surface area contributed by atoms with Crippen LogP contribution in [0, 0.1) is 0 Å². The molecule has 0 aliphatic rings. The summed E-state index contributed by atoms with van der Waals surface area (Å²) < 4.78 is 17.7. The minimum absolute atomic E-state index is 0.500. The topological polar surface area (TPSA) is 29.5 Å². The van der Waals surface area contributed by atoms with Gasteiger partial charge in [-0.05, 0) is 34.6 Å². The number of amides is 1. The van der Waals surface area contributed by atoms with Crippen molar-refractivity contribution in [3.8, 4) is 0 Å². The smallest absolute Gasteiger partial charge is 0.410 e. The summed E-state index contributed by atoms with van der Waals surface area (Å²) in [6.07, 6.45) is -0.500. The molecule has 4 heteroatoms. The van der Waals surface area contributed by atoms with E-state index in [0.29, 0.717) is 0 Å². The van der Waals surface area contributed by atoms with Crippen LogP contribution in [-0.4, -0.2) is 35.9 Å². The maximum absolute atomic E-state index is 12.6. The number of nitrogens with zero attached hydrogens (tertiary/aromatic N) is 1. The van der Waals surface area contributed by atoms with E-state index in [-0.39, 0.29) is 0 Å². The summed E-state index contributed by atoms with van der Waals surface area (Å²) in [5, 5.41) is 0. The Morgan fingerprint density at radius 1 is 1.29 bits per heavy atom. The minimum Gasteiger partial charge on any atom is -0.444 e. The monoisotopic (exact) mass is 205 g/mol. The molecule has 0 aromatic rings. The first kappa shape index (κ1) is 13.2. The number of hydrogen-bond donors (Lipinski definition) is 0. The number of halogens is 1. The first-order valence-electron chi connectivity index (χ1n) is 4.63. The van der Waals surface area contributed by atoms with Crippen LogP contribution in [0.15, 0.2) is 0 Å².